The molecule has 1 nitrogen and oxygen atoms in total. The van der Waals surface area contributed by atoms with Crippen LogP contribution in [0.3, 0.4) is 0 Å². The summed E-state index contributed by atoms with van der Waals surface area (Å²) in [4.78, 5) is 0. The molecular weight excluding hydrogens is 202 g/mol. The van der Waals surface area contributed by atoms with Crippen LogP contribution in [0.25, 0.3) is 0 Å². The van der Waals surface area contributed by atoms with Gasteiger partial charge >= 0.3 is 12.4 Å². The van der Waals surface area contributed by atoms with E-state index in [1.165, 1.54) is 0 Å². The number of allylic oxidation sites excluding steroid dienone is 2. The SMILES string of the molecule is COC(C)=C(C(F)(F)F)C(F)(F)F. The monoisotopic (exact) mass is 208 g/mol. The fourth-order valence-electron chi connectivity index (χ4n) is 0.662. The van der Waals surface area contributed by atoms with Crippen molar-refractivity contribution in [1.82, 2.24) is 0 Å². The lowest BCUT2D eigenvalue weighted by molar-refractivity contribution is -0.175. The summed E-state index contributed by atoms with van der Waals surface area (Å²) in [6.07, 6.45) is -10.9. The Kier molecular flexibility index (Phi) is 3.23. The first-order chi connectivity index (χ1) is 5.60. The third kappa shape index (κ3) is 3.16. The number of ether oxygens (including phenoxy) is 1. The van der Waals surface area contributed by atoms with Crippen LogP contribution in [-0.4, -0.2) is 19.5 Å². The number of hydrogen-bond acceptors (Lipinski definition) is 1. The summed E-state index contributed by atoms with van der Waals surface area (Å²) in [6.45, 7) is 0.607. The minimum absolute atomic E-state index is 0.607. The van der Waals surface area contributed by atoms with Crippen LogP contribution < -0.4 is 0 Å². The number of hydrogen-bond donors (Lipinski definition) is 0. The predicted octanol–water partition coefficient (Wildman–Crippen LogP) is 3.03. The molecule has 0 aliphatic rings. The average molecular weight is 208 g/mol. The van der Waals surface area contributed by atoms with Gasteiger partial charge in [-0.25, -0.2) is 0 Å². The van der Waals surface area contributed by atoms with Crippen LogP contribution in [0.4, 0.5) is 26.3 Å². The quantitative estimate of drug-likeness (QED) is 0.475. The Morgan fingerprint density at radius 1 is 0.923 bits per heavy atom. The Morgan fingerprint density at radius 2 is 1.23 bits per heavy atom. The van der Waals surface area contributed by atoms with Gasteiger partial charge < -0.3 is 4.74 Å². The molecule has 13 heavy (non-hydrogen) atoms. The van der Waals surface area contributed by atoms with Crippen LogP contribution >= 0.6 is 0 Å². The molecule has 0 aromatic carbocycles. The van der Waals surface area contributed by atoms with Crippen LogP contribution in [0.15, 0.2) is 11.3 Å². The Balaban J connectivity index is 5.25. The molecule has 0 amide bonds. The Bertz CT molecular complexity index is 194. The highest BCUT2D eigenvalue weighted by Crippen LogP contribution is 2.40. The molecule has 0 unspecified atom stereocenters. The first-order valence-electron chi connectivity index (χ1n) is 3.00. The van der Waals surface area contributed by atoms with E-state index >= 15 is 0 Å². The molecule has 0 aromatic rings. The Morgan fingerprint density at radius 3 is 1.31 bits per heavy atom. The van der Waals surface area contributed by atoms with E-state index in [2.05, 4.69) is 4.74 Å². The minimum Gasteiger partial charge on any atom is -0.501 e. The summed E-state index contributed by atoms with van der Waals surface area (Å²) in [5.74, 6) is -1.19. The summed E-state index contributed by atoms with van der Waals surface area (Å²) in [5, 5.41) is 0. The molecule has 0 N–H and O–H groups in total. The van der Waals surface area contributed by atoms with Gasteiger partial charge in [0.1, 0.15) is 5.76 Å². The fourth-order valence-corrected chi connectivity index (χ4v) is 0.662. The smallest absolute Gasteiger partial charge is 0.424 e. The second kappa shape index (κ2) is 3.47. The van der Waals surface area contributed by atoms with E-state index in [0.717, 1.165) is 7.11 Å². The van der Waals surface area contributed by atoms with Crippen LogP contribution in [0, 0.1) is 0 Å². The highest BCUT2D eigenvalue weighted by molar-refractivity contribution is 5.18. The van der Waals surface area contributed by atoms with Gasteiger partial charge in [0, 0.05) is 0 Å². The summed E-state index contributed by atoms with van der Waals surface area (Å²) in [5.41, 5.74) is -2.61. The molecule has 0 heterocycles. The van der Waals surface area contributed by atoms with E-state index < -0.39 is 23.7 Å². The highest BCUT2D eigenvalue weighted by atomic mass is 19.4. The maximum atomic E-state index is 11.8. The van der Waals surface area contributed by atoms with Crippen molar-refractivity contribution in [3.8, 4) is 0 Å². The van der Waals surface area contributed by atoms with Crippen LogP contribution in [0.1, 0.15) is 6.92 Å². The lowest BCUT2D eigenvalue weighted by Gasteiger charge is -2.16. The fraction of sp³-hybridized carbons (Fsp3) is 0.667. The molecule has 0 atom stereocenters. The molecule has 0 rings (SSSR count). The summed E-state index contributed by atoms with van der Waals surface area (Å²) < 4.78 is 74.7. The van der Waals surface area contributed by atoms with E-state index in [-0.39, 0.29) is 0 Å². The first-order valence-corrected chi connectivity index (χ1v) is 3.00. The Hall–Kier alpha value is -0.880. The molecule has 0 aliphatic carbocycles. The second-order valence-electron chi connectivity index (χ2n) is 2.13. The van der Waals surface area contributed by atoms with Gasteiger partial charge in [0.2, 0.25) is 0 Å². The zero-order valence-electron chi connectivity index (χ0n) is 6.68. The normalized spacial score (nSPS) is 12.6. The molecule has 0 saturated carbocycles. The van der Waals surface area contributed by atoms with Gasteiger partial charge in [-0.1, -0.05) is 0 Å². The van der Waals surface area contributed by atoms with E-state index in [9.17, 15) is 26.3 Å². The molecule has 0 spiro atoms. The van der Waals surface area contributed by atoms with E-state index in [0.29, 0.717) is 6.92 Å². The maximum absolute atomic E-state index is 11.8. The van der Waals surface area contributed by atoms with Crippen molar-refractivity contribution in [1.29, 1.82) is 0 Å². The molecule has 0 fully saturated rings. The van der Waals surface area contributed by atoms with Gasteiger partial charge in [-0.2, -0.15) is 26.3 Å². The van der Waals surface area contributed by atoms with Crippen molar-refractivity contribution in [2.75, 3.05) is 7.11 Å². The van der Waals surface area contributed by atoms with E-state index in [4.69, 9.17) is 0 Å². The van der Waals surface area contributed by atoms with Crippen LogP contribution in [0.2, 0.25) is 0 Å². The van der Waals surface area contributed by atoms with Gasteiger partial charge in [0.05, 0.1) is 7.11 Å². The van der Waals surface area contributed by atoms with Crippen molar-refractivity contribution >= 4 is 0 Å². The predicted molar refractivity (Wildman–Crippen MR) is 31.8 cm³/mol. The first kappa shape index (κ1) is 12.1. The molecule has 0 aromatic heterocycles. The minimum atomic E-state index is -5.45. The summed E-state index contributed by atoms with van der Waals surface area (Å²) in [6, 6.07) is 0. The largest absolute Gasteiger partial charge is 0.501 e. The third-order valence-corrected chi connectivity index (χ3v) is 1.23. The van der Waals surface area contributed by atoms with Crippen LogP contribution in [-0.2, 0) is 4.74 Å². The van der Waals surface area contributed by atoms with E-state index in [1.54, 1.807) is 0 Å². The number of alkyl halides is 6. The summed E-state index contributed by atoms with van der Waals surface area (Å²) >= 11 is 0. The summed E-state index contributed by atoms with van der Waals surface area (Å²) in [7, 11) is 0.743. The van der Waals surface area contributed by atoms with Gasteiger partial charge in [0.15, 0.2) is 5.57 Å². The van der Waals surface area contributed by atoms with Crippen molar-refractivity contribution in [3.05, 3.63) is 11.3 Å². The molecule has 7 heteroatoms. The van der Waals surface area contributed by atoms with Crippen molar-refractivity contribution < 1.29 is 31.1 Å². The van der Waals surface area contributed by atoms with Crippen molar-refractivity contribution in [3.63, 3.8) is 0 Å². The zero-order chi connectivity index (χ0) is 10.9. The highest BCUT2D eigenvalue weighted by Gasteiger charge is 2.53. The lowest BCUT2D eigenvalue weighted by atomic mass is 10.2. The molecule has 0 bridgehead atoms. The van der Waals surface area contributed by atoms with Gasteiger partial charge in [-0.15, -0.1) is 0 Å². The van der Waals surface area contributed by atoms with Crippen molar-refractivity contribution in [2.45, 2.75) is 19.3 Å². The molecule has 0 radical (unpaired) electrons. The van der Waals surface area contributed by atoms with Gasteiger partial charge in [-0.05, 0) is 6.92 Å². The third-order valence-electron chi connectivity index (χ3n) is 1.23. The second-order valence-corrected chi connectivity index (χ2v) is 2.13. The van der Waals surface area contributed by atoms with Gasteiger partial charge in [0.25, 0.3) is 0 Å². The van der Waals surface area contributed by atoms with E-state index in [1.807, 2.05) is 0 Å². The van der Waals surface area contributed by atoms with Crippen molar-refractivity contribution in [2.24, 2.45) is 0 Å². The zero-order valence-corrected chi connectivity index (χ0v) is 6.68. The Labute approximate surface area is 70.0 Å². The number of methoxy groups -OCH3 is 1. The topological polar surface area (TPSA) is 9.23 Å². The average Bonchev–Trinajstić information content (AvgIpc) is 1.80. The number of rotatable bonds is 1. The molecule has 0 aliphatic heterocycles. The maximum Gasteiger partial charge on any atom is 0.424 e. The number of halogens is 6. The molecule has 0 saturated heterocycles. The lowest BCUT2D eigenvalue weighted by Crippen LogP contribution is -2.28. The standard InChI is InChI=1S/C6H6F6O/c1-3(13-2)4(5(7,8)9)6(10,11)12/h1-2H3. The molecule has 78 valence electrons. The van der Waals surface area contributed by atoms with Gasteiger partial charge in [-0.3, -0.25) is 0 Å². The molecular formula is C6H6F6O. The van der Waals surface area contributed by atoms with Crippen LogP contribution in [0.5, 0.6) is 0 Å².